The number of amides is 1. The minimum atomic E-state index is -0.0301. The molecule has 0 unspecified atom stereocenters. The van der Waals surface area contributed by atoms with Crippen molar-refractivity contribution in [1.29, 1.82) is 0 Å². The van der Waals surface area contributed by atoms with E-state index in [2.05, 4.69) is 10.6 Å². The number of nitrogens with one attached hydrogen (secondary N) is 2. The van der Waals surface area contributed by atoms with Gasteiger partial charge in [0.2, 0.25) is 11.7 Å². The highest BCUT2D eigenvalue weighted by Crippen LogP contribution is 2.39. The Kier molecular flexibility index (Phi) is 7.98. The van der Waals surface area contributed by atoms with E-state index < -0.39 is 0 Å². The molecule has 1 aliphatic carbocycles. The van der Waals surface area contributed by atoms with E-state index in [4.69, 9.17) is 14.2 Å². The van der Waals surface area contributed by atoms with Gasteiger partial charge in [0.05, 0.1) is 27.9 Å². The summed E-state index contributed by atoms with van der Waals surface area (Å²) in [6.07, 6.45) is 2.55. The third-order valence-electron chi connectivity index (χ3n) is 3.68. The molecule has 1 saturated carbocycles. The van der Waals surface area contributed by atoms with Crippen LogP contribution in [0.2, 0.25) is 0 Å². The van der Waals surface area contributed by atoms with Crippen molar-refractivity contribution in [2.75, 3.05) is 34.4 Å². The monoisotopic (exact) mass is 344 g/mol. The van der Waals surface area contributed by atoms with Crippen LogP contribution in [0.5, 0.6) is 17.2 Å². The molecule has 130 valence electrons. The molecular weight excluding hydrogens is 320 g/mol. The molecule has 0 bridgehead atoms. The Morgan fingerprint density at radius 2 is 1.83 bits per heavy atom. The van der Waals surface area contributed by atoms with Gasteiger partial charge < -0.3 is 24.8 Å². The first-order chi connectivity index (χ1) is 10.7. The number of hydrogen-bond acceptors (Lipinski definition) is 5. The molecule has 0 aliphatic heterocycles. The van der Waals surface area contributed by atoms with E-state index in [9.17, 15) is 4.79 Å². The van der Waals surface area contributed by atoms with Gasteiger partial charge in [-0.2, -0.15) is 0 Å². The van der Waals surface area contributed by atoms with Crippen molar-refractivity contribution >= 4 is 18.3 Å². The van der Waals surface area contributed by atoms with E-state index in [0.29, 0.717) is 30.3 Å². The molecule has 1 aromatic carbocycles. The van der Waals surface area contributed by atoms with E-state index in [1.165, 1.54) is 12.8 Å². The lowest BCUT2D eigenvalue weighted by molar-refractivity contribution is -0.120. The molecule has 1 aliphatic rings. The molecule has 1 amide bonds. The van der Waals surface area contributed by atoms with Crippen LogP contribution in [0.1, 0.15) is 18.4 Å². The van der Waals surface area contributed by atoms with Crippen molar-refractivity contribution in [1.82, 2.24) is 10.6 Å². The van der Waals surface area contributed by atoms with E-state index in [-0.39, 0.29) is 18.3 Å². The maximum Gasteiger partial charge on any atom is 0.234 e. The summed E-state index contributed by atoms with van der Waals surface area (Å²) in [7, 11) is 4.70. The Morgan fingerprint density at radius 3 is 2.39 bits per heavy atom. The zero-order valence-electron chi connectivity index (χ0n) is 13.8. The summed E-state index contributed by atoms with van der Waals surface area (Å²) in [6.45, 7) is 1.65. The Balaban J connectivity index is 0.00000264. The Hall–Kier alpha value is -1.66. The number of halogens is 1. The van der Waals surface area contributed by atoms with Crippen LogP contribution in [0.4, 0.5) is 0 Å². The van der Waals surface area contributed by atoms with Gasteiger partial charge in [-0.15, -0.1) is 12.4 Å². The van der Waals surface area contributed by atoms with Gasteiger partial charge >= 0.3 is 0 Å². The minimum absolute atomic E-state index is 0. The standard InChI is InChI=1S/C16H24N2O4.ClH/c1-20-13-7-6-12(15(21-2)16(13)22-3)9-18-14(19)10-17-8-11-4-5-11;/h6-7,11,17H,4-5,8-10H2,1-3H3,(H,18,19);1H. The van der Waals surface area contributed by atoms with Crippen molar-refractivity contribution in [3.63, 3.8) is 0 Å². The average molecular weight is 345 g/mol. The van der Waals surface area contributed by atoms with Crippen LogP contribution in [0, 0.1) is 5.92 Å². The van der Waals surface area contributed by atoms with Gasteiger partial charge in [-0.1, -0.05) is 0 Å². The summed E-state index contributed by atoms with van der Waals surface area (Å²) in [5.41, 5.74) is 0.843. The van der Waals surface area contributed by atoms with E-state index in [1.807, 2.05) is 6.07 Å². The normalized spacial score (nSPS) is 13.0. The number of rotatable bonds is 9. The third-order valence-corrected chi connectivity index (χ3v) is 3.68. The second-order valence-electron chi connectivity index (χ2n) is 5.34. The molecule has 7 heteroatoms. The molecule has 1 fully saturated rings. The predicted molar refractivity (Wildman–Crippen MR) is 90.8 cm³/mol. The summed E-state index contributed by atoms with van der Waals surface area (Å²) in [4.78, 5) is 11.8. The van der Waals surface area contributed by atoms with Gasteiger partial charge in [-0.3, -0.25) is 4.79 Å². The highest BCUT2D eigenvalue weighted by Gasteiger charge is 2.20. The summed E-state index contributed by atoms with van der Waals surface area (Å²) in [6, 6.07) is 3.66. The fourth-order valence-electron chi connectivity index (χ4n) is 2.27. The molecule has 6 nitrogen and oxygen atoms in total. The van der Waals surface area contributed by atoms with Crippen LogP contribution in [-0.2, 0) is 11.3 Å². The number of methoxy groups -OCH3 is 3. The molecule has 23 heavy (non-hydrogen) atoms. The van der Waals surface area contributed by atoms with Gasteiger partial charge in [0.1, 0.15) is 0 Å². The van der Waals surface area contributed by atoms with Gasteiger partial charge in [-0.25, -0.2) is 0 Å². The second-order valence-corrected chi connectivity index (χ2v) is 5.34. The highest BCUT2D eigenvalue weighted by molar-refractivity contribution is 5.85. The van der Waals surface area contributed by atoms with Gasteiger partial charge in [0.15, 0.2) is 11.5 Å². The average Bonchev–Trinajstić information content (AvgIpc) is 3.35. The number of benzene rings is 1. The first-order valence-corrected chi connectivity index (χ1v) is 7.44. The second kappa shape index (κ2) is 9.47. The fraction of sp³-hybridized carbons (Fsp3) is 0.562. The fourth-order valence-corrected chi connectivity index (χ4v) is 2.27. The largest absolute Gasteiger partial charge is 0.493 e. The van der Waals surface area contributed by atoms with Crippen LogP contribution in [0.15, 0.2) is 12.1 Å². The maximum absolute atomic E-state index is 11.8. The summed E-state index contributed by atoms with van der Waals surface area (Å²) >= 11 is 0. The molecular formula is C16H25ClN2O4. The number of carbonyl (C=O) groups is 1. The number of ether oxygens (including phenoxy) is 3. The quantitative estimate of drug-likeness (QED) is 0.714. The van der Waals surface area contributed by atoms with Gasteiger partial charge in [0, 0.05) is 12.1 Å². The third kappa shape index (κ3) is 5.48. The van der Waals surface area contributed by atoms with Crippen LogP contribution < -0.4 is 24.8 Å². The minimum Gasteiger partial charge on any atom is -0.493 e. The molecule has 1 aromatic rings. The van der Waals surface area contributed by atoms with Crippen molar-refractivity contribution in [3.05, 3.63) is 17.7 Å². The smallest absolute Gasteiger partial charge is 0.234 e. The summed E-state index contributed by atoms with van der Waals surface area (Å²) in [5, 5.41) is 6.04. The molecule has 0 aromatic heterocycles. The van der Waals surface area contributed by atoms with Crippen LogP contribution in [-0.4, -0.2) is 40.3 Å². The lowest BCUT2D eigenvalue weighted by Crippen LogP contribution is -2.34. The molecule has 0 spiro atoms. The Morgan fingerprint density at radius 1 is 1.13 bits per heavy atom. The van der Waals surface area contributed by atoms with Crippen LogP contribution in [0.25, 0.3) is 0 Å². The molecule has 0 atom stereocenters. The van der Waals surface area contributed by atoms with Gasteiger partial charge in [-0.05, 0) is 37.4 Å². The van der Waals surface area contributed by atoms with Crippen molar-refractivity contribution < 1.29 is 19.0 Å². The molecule has 2 rings (SSSR count). The maximum atomic E-state index is 11.8. The van der Waals surface area contributed by atoms with E-state index in [1.54, 1.807) is 27.4 Å². The van der Waals surface area contributed by atoms with Gasteiger partial charge in [0.25, 0.3) is 0 Å². The van der Waals surface area contributed by atoms with E-state index >= 15 is 0 Å². The van der Waals surface area contributed by atoms with Crippen molar-refractivity contribution in [2.24, 2.45) is 5.92 Å². The molecule has 0 heterocycles. The van der Waals surface area contributed by atoms with Crippen LogP contribution in [0.3, 0.4) is 0 Å². The predicted octanol–water partition coefficient (Wildman–Crippen LogP) is 1.75. The zero-order chi connectivity index (χ0) is 15.9. The summed E-state index contributed by atoms with van der Waals surface area (Å²) < 4.78 is 16.0. The number of hydrogen-bond donors (Lipinski definition) is 2. The molecule has 0 saturated heterocycles. The highest BCUT2D eigenvalue weighted by atomic mass is 35.5. The topological polar surface area (TPSA) is 68.8 Å². The lowest BCUT2D eigenvalue weighted by Gasteiger charge is -2.16. The van der Waals surface area contributed by atoms with Crippen molar-refractivity contribution in [2.45, 2.75) is 19.4 Å². The zero-order valence-corrected chi connectivity index (χ0v) is 14.6. The van der Waals surface area contributed by atoms with E-state index in [0.717, 1.165) is 18.0 Å². The Labute approximate surface area is 143 Å². The molecule has 0 radical (unpaired) electrons. The van der Waals surface area contributed by atoms with Crippen molar-refractivity contribution in [3.8, 4) is 17.2 Å². The van der Waals surface area contributed by atoms with Crippen LogP contribution >= 0.6 is 12.4 Å². The SMILES string of the molecule is COc1ccc(CNC(=O)CNCC2CC2)c(OC)c1OC.Cl. The first kappa shape index (κ1) is 19.4. The molecule has 2 N–H and O–H groups in total. The Bertz CT molecular complexity index is 521. The first-order valence-electron chi connectivity index (χ1n) is 7.44. The lowest BCUT2D eigenvalue weighted by atomic mass is 10.1. The number of carbonyl (C=O) groups excluding carboxylic acids is 1. The summed E-state index contributed by atoms with van der Waals surface area (Å²) in [5.74, 6) is 2.44.